The smallest absolute Gasteiger partial charge is 0.494 e. The van der Waals surface area contributed by atoms with E-state index in [1.165, 1.54) is 7.11 Å². The van der Waals surface area contributed by atoms with Crippen LogP contribution < -0.4 is 4.74 Å². The Labute approximate surface area is 93.4 Å². The summed E-state index contributed by atoms with van der Waals surface area (Å²) < 4.78 is 78.9. The van der Waals surface area contributed by atoms with E-state index >= 15 is 0 Å². The first-order valence-electron chi connectivity index (χ1n) is 4.57. The molecular weight excluding hydrogens is 249 g/mol. The largest absolute Gasteiger partial charge is 0.497 e. The molecule has 1 rings (SSSR count). The summed E-state index contributed by atoms with van der Waals surface area (Å²) in [5.74, 6) is -3.21. The van der Waals surface area contributed by atoms with E-state index in [1.807, 2.05) is 0 Å². The highest BCUT2D eigenvalue weighted by molar-refractivity contribution is 6.60. The zero-order valence-electron chi connectivity index (χ0n) is 8.64. The van der Waals surface area contributed by atoms with Crippen molar-refractivity contribution in [2.75, 3.05) is 7.11 Å². The second kappa shape index (κ2) is 4.50. The maximum Gasteiger partial charge on any atom is 0.494 e. The summed E-state index contributed by atoms with van der Waals surface area (Å²) in [6.07, 6.45) is -5.34. The minimum atomic E-state index is -6.04. The van der Waals surface area contributed by atoms with Gasteiger partial charge in [-0.15, -0.1) is 0 Å². The Balaban J connectivity index is 3.14. The zero-order chi connectivity index (χ0) is 13.3. The lowest BCUT2D eigenvalue weighted by Crippen LogP contribution is -2.38. The van der Waals surface area contributed by atoms with Crippen LogP contribution in [0, 0.1) is 0 Å². The third kappa shape index (κ3) is 3.31. The number of rotatable bonds is 3. The van der Waals surface area contributed by atoms with Gasteiger partial charge in [0, 0.05) is 5.82 Å². The summed E-state index contributed by atoms with van der Waals surface area (Å²) in [5.41, 5.74) is -0.828. The maximum absolute atomic E-state index is 12.4. The number of methoxy groups -OCH3 is 1. The van der Waals surface area contributed by atoms with E-state index in [2.05, 4.69) is 4.74 Å². The number of halogens is 6. The van der Waals surface area contributed by atoms with E-state index in [4.69, 9.17) is 0 Å². The van der Waals surface area contributed by atoms with Crippen molar-refractivity contribution in [1.29, 1.82) is 0 Å². The normalized spacial score (nSPS) is 14.5. The molecule has 0 bridgehead atoms. The van der Waals surface area contributed by atoms with Crippen molar-refractivity contribution in [3.63, 3.8) is 0 Å². The van der Waals surface area contributed by atoms with E-state index in [0.29, 0.717) is 0 Å². The van der Waals surface area contributed by atoms with E-state index in [1.54, 1.807) is 0 Å². The highest BCUT2D eigenvalue weighted by Crippen LogP contribution is 2.43. The molecule has 0 heterocycles. The molecule has 0 N–H and O–H groups in total. The van der Waals surface area contributed by atoms with Gasteiger partial charge < -0.3 is 17.7 Å². The minimum absolute atomic E-state index is 0.198. The summed E-state index contributed by atoms with van der Waals surface area (Å²) in [6, 6.07) is 3.67. The van der Waals surface area contributed by atoms with Gasteiger partial charge in [-0.05, 0) is 12.1 Å². The highest BCUT2D eigenvalue weighted by atomic mass is 19.4. The van der Waals surface area contributed by atoms with Crippen LogP contribution in [0.1, 0.15) is 11.4 Å². The molecule has 1 atom stereocenters. The fraction of sp³-hybridized carbons (Fsp3) is 0.333. The topological polar surface area (TPSA) is 9.23 Å². The SMILES string of the molecule is COc1ccc(C([B-](F)(F)F)C(F)(F)F)cc1. The van der Waals surface area contributed by atoms with E-state index in [9.17, 15) is 26.1 Å². The van der Waals surface area contributed by atoms with Gasteiger partial charge in [0.25, 0.3) is 0 Å². The fourth-order valence-corrected chi connectivity index (χ4v) is 1.43. The average molecular weight is 257 g/mol. The van der Waals surface area contributed by atoms with Crippen LogP contribution in [0.15, 0.2) is 24.3 Å². The van der Waals surface area contributed by atoms with Gasteiger partial charge in [0.15, 0.2) is 0 Å². The van der Waals surface area contributed by atoms with Gasteiger partial charge in [-0.25, -0.2) is 0 Å². The van der Waals surface area contributed by atoms with Crippen molar-refractivity contribution < 1.29 is 30.9 Å². The van der Waals surface area contributed by atoms with Crippen molar-refractivity contribution in [3.8, 4) is 5.75 Å². The average Bonchev–Trinajstić information content (AvgIpc) is 2.14. The predicted molar refractivity (Wildman–Crippen MR) is 50.9 cm³/mol. The molecule has 1 aromatic rings. The van der Waals surface area contributed by atoms with Crippen LogP contribution in [-0.4, -0.2) is 20.3 Å². The Hall–Kier alpha value is -1.34. The van der Waals surface area contributed by atoms with Crippen LogP contribution in [-0.2, 0) is 0 Å². The molecule has 1 unspecified atom stereocenters. The first-order valence-corrected chi connectivity index (χ1v) is 4.57. The lowest BCUT2D eigenvalue weighted by Gasteiger charge is -2.29. The molecule has 1 aromatic carbocycles. The van der Waals surface area contributed by atoms with Crippen molar-refractivity contribution in [1.82, 2.24) is 0 Å². The van der Waals surface area contributed by atoms with Gasteiger partial charge in [-0.1, -0.05) is 17.7 Å². The Bertz CT molecular complexity index is 355. The minimum Gasteiger partial charge on any atom is -0.497 e. The van der Waals surface area contributed by atoms with E-state index in [-0.39, 0.29) is 5.75 Å². The Morgan fingerprint density at radius 2 is 1.53 bits per heavy atom. The van der Waals surface area contributed by atoms with E-state index in [0.717, 1.165) is 24.3 Å². The van der Waals surface area contributed by atoms with Gasteiger partial charge in [-0.3, -0.25) is 0 Å². The molecule has 0 aromatic heterocycles. The predicted octanol–water partition coefficient (Wildman–Crippen LogP) is 3.73. The van der Waals surface area contributed by atoms with Crippen LogP contribution in [0.3, 0.4) is 0 Å². The van der Waals surface area contributed by atoms with Crippen LogP contribution >= 0.6 is 0 Å². The molecule has 0 saturated heterocycles. The van der Waals surface area contributed by atoms with Crippen molar-refractivity contribution >= 4 is 6.98 Å². The molecular formula is C9H8BF6O-. The monoisotopic (exact) mass is 257 g/mol. The molecule has 0 amide bonds. The summed E-state index contributed by atoms with van der Waals surface area (Å²) in [5, 5.41) is 0. The van der Waals surface area contributed by atoms with Crippen LogP contribution in [0.5, 0.6) is 5.75 Å². The molecule has 17 heavy (non-hydrogen) atoms. The molecule has 8 heteroatoms. The lowest BCUT2D eigenvalue weighted by molar-refractivity contribution is -0.139. The molecule has 0 aliphatic carbocycles. The summed E-state index contributed by atoms with van der Waals surface area (Å²) in [4.78, 5) is 0. The number of alkyl halides is 3. The zero-order valence-corrected chi connectivity index (χ0v) is 8.64. The fourth-order valence-electron chi connectivity index (χ4n) is 1.43. The standard InChI is InChI=1S/C9H8BF6O/c1-17-7-4-2-6(3-5-7)8(9(11,12)13)10(14,15)16/h2-5,8H,1H3/q-1. The van der Waals surface area contributed by atoms with Crippen molar-refractivity contribution in [2.24, 2.45) is 0 Å². The molecule has 0 saturated carbocycles. The van der Waals surface area contributed by atoms with Crippen molar-refractivity contribution in [3.05, 3.63) is 29.8 Å². The number of hydrogen-bond acceptors (Lipinski definition) is 1. The Morgan fingerprint density at radius 1 is 1.06 bits per heavy atom. The third-order valence-corrected chi connectivity index (χ3v) is 2.21. The molecule has 0 aliphatic heterocycles. The Morgan fingerprint density at radius 3 is 1.82 bits per heavy atom. The molecule has 0 aliphatic rings. The van der Waals surface area contributed by atoms with Gasteiger partial charge in [0.1, 0.15) is 5.75 Å². The number of ether oxygens (including phenoxy) is 1. The van der Waals surface area contributed by atoms with Gasteiger partial charge in [-0.2, -0.15) is 13.2 Å². The van der Waals surface area contributed by atoms with Gasteiger partial charge in [0.2, 0.25) is 0 Å². The Kier molecular flexibility index (Phi) is 3.64. The summed E-state index contributed by atoms with van der Waals surface area (Å²) >= 11 is 0. The van der Waals surface area contributed by atoms with Crippen molar-refractivity contribution in [2.45, 2.75) is 12.0 Å². The second-order valence-corrected chi connectivity index (χ2v) is 3.42. The molecule has 0 fully saturated rings. The molecule has 96 valence electrons. The summed E-state index contributed by atoms with van der Waals surface area (Å²) in [6.45, 7) is -6.04. The molecule has 0 radical (unpaired) electrons. The van der Waals surface area contributed by atoms with Crippen LogP contribution in [0.25, 0.3) is 0 Å². The highest BCUT2D eigenvalue weighted by Gasteiger charge is 2.52. The van der Waals surface area contributed by atoms with Crippen LogP contribution in [0.2, 0.25) is 0 Å². The lowest BCUT2D eigenvalue weighted by atomic mass is 9.68. The second-order valence-electron chi connectivity index (χ2n) is 3.42. The number of hydrogen-bond donors (Lipinski definition) is 0. The molecule has 1 nitrogen and oxygen atoms in total. The van der Waals surface area contributed by atoms with E-state index < -0.39 is 24.5 Å². The number of benzene rings is 1. The molecule has 0 spiro atoms. The maximum atomic E-state index is 12.4. The summed E-state index contributed by atoms with van der Waals surface area (Å²) in [7, 11) is 1.27. The van der Waals surface area contributed by atoms with Crippen LogP contribution in [0.4, 0.5) is 26.1 Å². The first-order chi connectivity index (χ1) is 7.66. The quantitative estimate of drug-likeness (QED) is 0.592. The van der Waals surface area contributed by atoms with Gasteiger partial charge >= 0.3 is 13.2 Å². The first kappa shape index (κ1) is 13.7. The third-order valence-electron chi connectivity index (χ3n) is 2.21. The van der Waals surface area contributed by atoms with Gasteiger partial charge in [0.05, 0.1) is 7.11 Å².